The fraction of sp³-hybridized carbons (Fsp3) is 0.333. The number of aromatic nitrogens is 2. The van der Waals surface area contributed by atoms with Crippen molar-refractivity contribution in [2.24, 2.45) is 0 Å². The second-order valence-electron chi connectivity index (χ2n) is 9.46. The van der Waals surface area contributed by atoms with Gasteiger partial charge in [-0.25, -0.2) is 9.97 Å². The Morgan fingerprint density at radius 2 is 1.75 bits per heavy atom. The average Bonchev–Trinajstić information content (AvgIpc) is 2.92. The van der Waals surface area contributed by atoms with Crippen LogP contribution < -0.4 is 10.0 Å². The zero-order valence-corrected chi connectivity index (χ0v) is 22.6. The largest absolute Gasteiger partial charge is 0.351 e. The maximum Gasteiger partial charge on any atom is 0.223 e. The molecular weight excluding hydrogens is 484 g/mol. The number of hydrogen-bond acceptors (Lipinski definition) is 5. The summed E-state index contributed by atoms with van der Waals surface area (Å²) in [5, 5.41) is 5.43. The quantitative estimate of drug-likeness (QED) is 0.229. The maximum absolute atomic E-state index is 6.31. The predicted molar refractivity (Wildman–Crippen MR) is 155 cm³/mol. The highest BCUT2D eigenvalue weighted by Gasteiger charge is 2.16. The number of aryl methyl sites for hydroxylation is 2. The molecule has 3 aromatic carbocycles. The lowest BCUT2D eigenvalue weighted by molar-refractivity contribution is 0.461. The Morgan fingerprint density at radius 3 is 2.53 bits per heavy atom. The van der Waals surface area contributed by atoms with Crippen molar-refractivity contribution in [2.75, 3.05) is 10.0 Å². The van der Waals surface area contributed by atoms with Gasteiger partial charge < -0.3 is 10.0 Å². The van der Waals surface area contributed by atoms with Crippen LogP contribution in [0.2, 0.25) is 5.02 Å². The van der Waals surface area contributed by atoms with Crippen molar-refractivity contribution in [3.63, 3.8) is 0 Å². The first-order valence-electron chi connectivity index (χ1n) is 13.0. The molecule has 4 nitrogen and oxygen atoms in total. The molecule has 1 aliphatic carbocycles. The molecule has 2 N–H and O–H groups in total. The number of halogens is 1. The Labute approximate surface area is 223 Å². The lowest BCUT2D eigenvalue weighted by Crippen LogP contribution is -2.23. The van der Waals surface area contributed by atoms with Crippen LogP contribution in [0.4, 0.5) is 11.6 Å². The third kappa shape index (κ3) is 5.63. The first-order chi connectivity index (χ1) is 17.6. The molecule has 0 atom stereocenters. The Bertz CT molecular complexity index is 1350. The highest BCUT2D eigenvalue weighted by Crippen LogP contribution is 2.34. The topological polar surface area (TPSA) is 49.8 Å². The van der Waals surface area contributed by atoms with Crippen LogP contribution in [-0.2, 0) is 12.8 Å². The molecule has 36 heavy (non-hydrogen) atoms. The SMILES string of the molecule is CCc1cc(NSc2ccccc2Cl)ccc1-c1cc(CC)c2nc(NC3CCCCC3)ncc2c1. The number of nitrogens with one attached hydrogen (secondary N) is 2. The van der Waals surface area contributed by atoms with Gasteiger partial charge in [0.2, 0.25) is 5.95 Å². The molecule has 0 aliphatic heterocycles. The molecule has 5 rings (SSSR count). The number of hydrogen-bond donors (Lipinski definition) is 2. The zero-order valence-electron chi connectivity index (χ0n) is 21.0. The van der Waals surface area contributed by atoms with E-state index in [0.29, 0.717) is 6.04 Å². The third-order valence-electron chi connectivity index (χ3n) is 6.99. The molecule has 1 fully saturated rings. The number of anilines is 2. The summed E-state index contributed by atoms with van der Waals surface area (Å²) in [6, 6.07) is 19.5. The Morgan fingerprint density at radius 1 is 0.944 bits per heavy atom. The summed E-state index contributed by atoms with van der Waals surface area (Å²) in [5.41, 5.74) is 7.17. The number of rotatable bonds is 8. The normalized spacial score (nSPS) is 14.2. The molecule has 1 aromatic heterocycles. The number of nitrogens with zero attached hydrogens (tertiary/aromatic N) is 2. The van der Waals surface area contributed by atoms with E-state index in [9.17, 15) is 0 Å². The fourth-order valence-corrected chi connectivity index (χ4v) is 5.93. The molecule has 6 heteroatoms. The standard InChI is InChI=1S/C30H33ClN4S/c1-3-20-18-25(35-36-28-13-9-8-12-27(28)31)14-15-26(20)22-16-21(4-2)29-23(17-22)19-32-30(34-29)33-24-10-6-5-7-11-24/h8-9,12-19,24,35H,3-7,10-11H2,1-2H3,(H,32,33,34). The van der Waals surface area contributed by atoms with Crippen molar-refractivity contribution >= 4 is 46.1 Å². The molecular formula is C30H33ClN4S. The molecule has 0 unspecified atom stereocenters. The average molecular weight is 517 g/mol. The zero-order chi connectivity index (χ0) is 24.9. The van der Waals surface area contributed by atoms with E-state index in [1.54, 1.807) is 0 Å². The molecule has 186 valence electrons. The van der Waals surface area contributed by atoms with E-state index in [-0.39, 0.29) is 0 Å². The van der Waals surface area contributed by atoms with Crippen molar-refractivity contribution < 1.29 is 0 Å². The Balaban J connectivity index is 1.41. The van der Waals surface area contributed by atoms with Gasteiger partial charge in [0.05, 0.1) is 10.5 Å². The molecule has 1 heterocycles. The summed E-state index contributed by atoms with van der Waals surface area (Å²) >= 11 is 7.85. The van der Waals surface area contributed by atoms with Crippen LogP contribution in [0.3, 0.4) is 0 Å². The van der Waals surface area contributed by atoms with Gasteiger partial charge in [-0.1, -0.05) is 62.9 Å². The summed E-state index contributed by atoms with van der Waals surface area (Å²) in [5.74, 6) is 0.762. The van der Waals surface area contributed by atoms with E-state index >= 15 is 0 Å². The van der Waals surface area contributed by atoms with Crippen LogP contribution >= 0.6 is 23.5 Å². The Kier molecular flexibility index (Phi) is 7.98. The van der Waals surface area contributed by atoms with E-state index in [0.717, 1.165) is 45.3 Å². The first kappa shape index (κ1) is 24.9. The van der Waals surface area contributed by atoms with Crippen LogP contribution in [0.5, 0.6) is 0 Å². The smallest absolute Gasteiger partial charge is 0.223 e. The van der Waals surface area contributed by atoms with Crippen molar-refractivity contribution in [3.05, 3.63) is 76.9 Å². The lowest BCUT2D eigenvalue weighted by atomic mass is 9.94. The van der Waals surface area contributed by atoms with Crippen LogP contribution in [0.25, 0.3) is 22.0 Å². The summed E-state index contributed by atoms with van der Waals surface area (Å²) in [6.45, 7) is 4.41. The van der Waals surface area contributed by atoms with Crippen molar-refractivity contribution in [1.82, 2.24) is 9.97 Å². The van der Waals surface area contributed by atoms with Gasteiger partial charge in [0.25, 0.3) is 0 Å². The van der Waals surface area contributed by atoms with E-state index in [1.807, 2.05) is 30.5 Å². The Hall–Kier alpha value is -2.76. The third-order valence-corrected chi connectivity index (χ3v) is 8.35. The van der Waals surface area contributed by atoms with Crippen molar-refractivity contribution in [2.45, 2.75) is 69.7 Å². The van der Waals surface area contributed by atoms with E-state index in [1.165, 1.54) is 66.3 Å². The molecule has 0 radical (unpaired) electrons. The van der Waals surface area contributed by atoms with E-state index in [2.05, 4.69) is 59.2 Å². The molecule has 0 bridgehead atoms. The minimum Gasteiger partial charge on any atom is -0.351 e. The molecule has 1 aliphatic rings. The molecule has 4 aromatic rings. The summed E-state index contributed by atoms with van der Waals surface area (Å²) in [4.78, 5) is 10.6. The molecule has 0 amide bonds. The van der Waals surface area contributed by atoms with Gasteiger partial charge in [0, 0.05) is 28.2 Å². The lowest BCUT2D eigenvalue weighted by Gasteiger charge is -2.23. The molecule has 0 saturated heterocycles. The second kappa shape index (κ2) is 11.5. The van der Waals surface area contributed by atoms with E-state index < -0.39 is 0 Å². The minimum atomic E-state index is 0.496. The molecule has 0 spiro atoms. The van der Waals surface area contributed by atoms with Crippen LogP contribution in [0.1, 0.15) is 57.1 Å². The van der Waals surface area contributed by atoms with Crippen molar-refractivity contribution in [3.8, 4) is 11.1 Å². The first-order valence-corrected chi connectivity index (χ1v) is 14.2. The van der Waals surface area contributed by atoms with Crippen LogP contribution in [0.15, 0.2) is 65.7 Å². The minimum absolute atomic E-state index is 0.496. The second-order valence-corrected chi connectivity index (χ2v) is 10.7. The highest BCUT2D eigenvalue weighted by atomic mass is 35.5. The van der Waals surface area contributed by atoms with Gasteiger partial charge in [-0.05, 0) is 96.3 Å². The fourth-order valence-electron chi connectivity index (χ4n) is 5.02. The van der Waals surface area contributed by atoms with Gasteiger partial charge in [-0.15, -0.1) is 0 Å². The van der Waals surface area contributed by atoms with Crippen molar-refractivity contribution in [1.29, 1.82) is 0 Å². The van der Waals surface area contributed by atoms with Crippen LogP contribution in [0, 0.1) is 0 Å². The number of fused-ring (bicyclic) bond motifs is 1. The summed E-state index contributed by atoms with van der Waals surface area (Å²) < 4.78 is 3.45. The molecule has 1 saturated carbocycles. The van der Waals surface area contributed by atoms with Gasteiger partial charge in [0.15, 0.2) is 0 Å². The summed E-state index contributed by atoms with van der Waals surface area (Å²) in [7, 11) is 0. The highest BCUT2D eigenvalue weighted by molar-refractivity contribution is 8.00. The number of benzene rings is 3. The van der Waals surface area contributed by atoms with Gasteiger partial charge >= 0.3 is 0 Å². The van der Waals surface area contributed by atoms with Crippen LogP contribution in [-0.4, -0.2) is 16.0 Å². The maximum atomic E-state index is 6.31. The predicted octanol–water partition coefficient (Wildman–Crippen LogP) is 8.94. The summed E-state index contributed by atoms with van der Waals surface area (Å²) in [6.07, 6.45) is 10.2. The van der Waals surface area contributed by atoms with Gasteiger partial charge in [-0.3, -0.25) is 0 Å². The van der Waals surface area contributed by atoms with Gasteiger partial charge in [-0.2, -0.15) is 0 Å². The monoisotopic (exact) mass is 516 g/mol. The van der Waals surface area contributed by atoms with E-state index in [4.69, 9.17) is 16.6 Å². The van der Waals surface area contributed by atoms with Gasteiger partial charge in [0.1, 0.15) is 0 Å².